The van der Waals surface area contributed by atoms with Crippen LogP contribution in [0.1, 0.15) is 323 Å². The van der Waals surface area contributed by atoms with Gasteiger partial charge in [0.05, 0.1) is 6.61 Å². The molecule has 0 aliphatic heterocycles. The van der Waals surface area contributed by atoms with Crippen LogP contribution in [-0.4, -0.2) is 24.6 Å². The molecule has 0 aromatic rings. The molecule has 0 amide bonds. The average Bonchev–Trinajstić information content (AvgIpc) is 3.22. The van der Waals surface area contributed by atoms with Gasteiger partial charge in [-0.1, -0.05) is 265 Å². The Labute approximate surface area is 365 Å². The van der Waals surface area contributed by atoms with Crippen LogP contribution < -0.4 is 0 Å². The highest BCUT2D eigenvalue weighted by Crippen LogP contribution is 2.20. The Morgan fingerprint density at radius 3 is 0.862 bits per heavy atom. The Morgan fingerprint density at radius 2 is 0.534 bits per heavy atom. The van der Waals surface area contributed by atoms with Gasteiger partial charge < -0.3 is 9.47 Å². The lowest BCUT2D eigenvalue weighted by atomic mass is 10.0. The van der Waals surface area contributed by atoms with Gasteiger partial charge in [-0.25, -0.2) is 0 Å². The number of unbranched alkanes of at least 4 members (excludes halogenated alkanes) is 39. The molecule has 0 fully saturated rings. The molecule has 0 aromatic carbocycles. The third-order valence-corrected chi connectivity index (χ3v) is 12.6. The van der Waals surface area contributed by atoms with Crippen molar-refractivity contribution in [2.45, 2.75) is 329 Å². The van der Waals surface area contributed by atoms with Gasteiger partial charge >= 0.3 is 11.9 Å². The molecule has 0 N–H and O–H groups in total. The Balaban J connectivity index is 3.66. The summed E-state index contributed by atoms with van der Waals surface area (Å²) >= 11 is 0. The minimum Gasteiger partial charge on any atom is -0.466 e. The number of esters is 2. The highest BCUT2D eigenvalue weighted by Gasteiger charge is 2.14. The maximum absolute atomic E-state index is 12.7. The minimum atomic E-state index is 0.00729. The fourth-order valence-corrected chi connectivity index (χ4v) is 8.56. The highest BCUT2D eigenvalue weighted by atomic mass is 16.5. The van der Waals surface area contributed by atoms with Gasteiger partial charge in [0.2, 0.25) is 0 Å². The van der Waals surface area contributed by atoms with Crippen LogP contribution in [0.4, 0.5) is 0 Å². The topological polar surface area (TPSA) is 52.6 Å². The third kappa shape index (κ3) is 47.6. The van der Waals surface area contributed by atoms with Crippen LogP contribution in [-0.2, 0) is 19.1 Å². The summed E-state index contributed by atoms with van der Waals surface area (Å²) in [6.45, 7) is 7.44. The van der Waals surface area contributed by atoms with E-state index in [0.29, 0.717) is 19.4 Å². The van der Waals surface area contributed by atoms with Crippen molar-refractivity contribution in [2.24, 2.45) is 0 Å². The van der Waals surface area contributed by atoms with Crippen LogP contribution in [0.2, 0.25) is 0 Å². The van der Waals surface area contributed by atoms with E-state index in [-0.39, 0.29) is 18.0 Å². The standard InChI is InChI=1S/C54H106O4/c1-4-7-10-13-15-17-19-21-23-25-27-31-35-39-44-49-53(55)57-51-46-41-37-33-29-30-34-38-43-48-52(47-42-12-9-6-3)58-54(56)50-45-40-36-32-28-26-24-22-20-18-16-14-11-8-5-2/h52H,4-51H2,1-3H3. The van der Waals surface area contributed by atoms with Crippen LogP contribution >= 0.6 is 0 Å². The van der Waals surface area contributed by atoms with E-state index in [0.717, 1.165) is 38.5 Å². The van der Waals surface area contributed by atoms with E-state index in [4.69, 9.17) is 9.47 Å². The van der Waals surface area contributed by atoms with Gasteiger partial charge in [-0.3, -0.25) is 9.59 Å². The number of hydrogen-bond acceptors (Lipinski definition) is 4. The minimum absolute atomic E-state index is 0.00729. The summed E-state index contributed by atoms with van der Waals surface area (Å²) in [6.07, 6.45) is 59.8. The SMILES string of the molecule is CCCCCCCCCCCCCCCCCC(=O)OCCCCCCCCCCCC(CCCCCC)OC(=O)CCCCCCCCCCCCCCCCC. The molecule has 346 valence electrons. The van der Waals surface area contributed by atoms with Crippen molar-refractivity contribution in [1.29, 1.82) is 0 Å². The van der Waals surface area contributed by atoms with Crippen molar-refractivity contribution in [1.82, 2.24) is 0 Å². The smallest absolute Gasteiger partial charge is 0.306 e. The fraction of sp³-hybridized carbons (Fsp3) is 0.963. The van der Waals surface area contributed by atoms with Crippen molar-refractivity contribution < 1.29 is 19.1 Å². The van der Waals surface area contributed by atoms with Crippen molar-refractivity contribution in [3.05, 3.63) is 0 Å². The van der Waals surface area contributed by atoms with E-state index in [1.807, 2.05) is 0 Å². The van der Waals surface area contributed by atoms with Gasteiger partial charge in [0.25, 0.3) is 0 Å². The van der Waals surface area contributed by atoms with Gasteiger partial charge in [-0.15, -0.1) is 0 Å². The Morgan fingerprint density at radius 1 is 0.293 bits per heavy atom. The zero-order valence-corrected chi connectivity index (χ0v) is 40.2. The van der Waals surface area contributed by atoms with Crippen LogP contribution in [0.15, 0.2) is 0 Å². The summed E-state index contributed by atoms with van der Waals surface area (Å²) in [5.74, 6) is 0.0537. The van der Waals surface area contributed by atoms with Gasteiger partial charge in [-0.05, 0) is 44.9 Å². The maximum atomic E-state index is 12.7. The van der Waals surface area contributed by atoms with Crippen LogP contribution in [0.5, 0.6) is 0 Å². The zero-order valence-electron chi connectivity index (χ0n) is 40.2. The van der Waals surface area contributed by atoms with E-state index >= 15 is 0 Å². The van der Waals surface area contributed by atoms with Crippen molar-refractivity contribution in [3.63, 3.8) is 0 Å². The van der Waals surface area contributed by atoms with Gasteiger partial charge in [0, 0.05) is 12.8 Å². The van der Waals surface area contributed by atoms with Crippen LogP contribution in [0.3, 0.4) is 0 Å². The van der Waals surface area contributed by atoms with Crippen molar-refractivity contribution in [2.75, 3.05) is 6.61 Å². The van der Waals surface area contributed by atoms with Crippen molar-refractivity contribution in [3.8, 4) is 0 Å². The Kier molecular flexibility index (Phi) is 49.4. The largest absolute Gasteiger partial charge is 0.466 e. The Bertz CT molecular complexity index is 796. The zero-order chi connectivity index (χ0) is 42.1. The van der Waals surface area contributed by atoms with Crippen LogP contribution in [0.25, 0.3) is 0 Å². The number of carbonyl (C=O) groups excluding carboxylic acids is 2. The van der Waals surface area contributed by atoms with E-state index in [1.54, 1.807) is 0 Å². The quantitative estimate of drug-likeness (QED) is 0.0453. The molecule has 1 atom stereocenters. The molecule has 0 bridgehead atoms. The normalized spacial score (nSPS) is 12.0. The maximum Gasteiger partial charge on any atom is 0.306 e. The van der Waals surface area contributed by atoms with Gasteiger partial charge in [-0.2, -0.15) is 0 Å². The molecule has 4 heteroatoms. The van der Waals surface area contributed by atoms with E-state index in [1.165, 1.54) is 250 Å². The summed E-state index contributed by atoms with van der Waals surface area (Å²) < 4.78 is 11.6. The second-order valence-corrected chi connectivity index (χ2v) is 18.6. The third-order valence-electron chi connectivity index (χ3n) is 12.6. The summed E-state index contributed by atoms with van der Waals surface area (Å²) in [7, 11) is 0. The molecule has 0 saturated heterocycles. The van der Waals surface area contributed by atoms with Gasteiger partial charge in [0.1, 0.15) is 6.10 Å². The molecule has 0 rings (SSSR count). The van der Waals surface area contributed by atoms with Crippen molar-refractivity contribution >= 4 is 11.9 Å². The second kappa shape index (κ2) is 50.3. The summed E-state index contributed by atoms with van der Waals surface area (Å²) in [5.41, 5.74) is 0. The molecule has 0 saturated carbocycles. The number of hydrogen-bond donors (Lipinski definition) is 0. The van der Waals surface area contributed by atoms with Gasteiger partial charge in [0.15, 0.2) is 0 Å². The number of carbonyl (C=O) groups is 2. The summed E-state index contributed by atoms with van der Waals surface area (Å²) in [4.78, 5) is 24.8. The first-order chi connectivity index (χ1) is 28.6. The molecular weight excluding hydrogens is 713 g/mol. The first-order valence-corrected chi connectivity index (χ1v) is 27.0. The first-order valence-electron chi connectivity index (χ1n) is 27.0. The molecule has 0 heterocycles. The first kappa shape index (κ1) is 56.9. The predicted molar refractivity (Wildman–Crippen MR) is 255 cm³/mol. The second-order valence-electron chi connectivity index (χ2n) is 18.6. The average molecular weight is 819 g/mol. The van der Waals surface area contributed by atoms with E-state index < -0.39 is 0 Å². The van der Waals surface area contributed by atoms with E-state index in [2.05, 4.69) is 20.8 Å². The molecule has 4 nitrogen and oxygen atoms in total. The molecule has 0 aliphatic rings. The monoisotopic (exact) mass is 819 g/mol. The predicted octanol–water partition coefficient (Wildman–Crippen LogP) is 18.8. The highest BCUT2D eigenvalue weighted by molar-refractivity contribution is 5.69. The molecule has 58 heavy (non-hydrogen) atoms. The summed E-state index contributed by atoms with van der Waals surface area (Å²) in [5, 5.41) is 0. The Hall–Kier alpha value is -1.06. The fourth-order valence-electron chi connectivity index (χ4n) is 8.56. The lowest BCUT2D eigenvalue weighted by Gasteiger charge is -2.18. The lowest BCUT2D eigenvalue weighted by Crippen LogP contribution is -2.18. The molecule has 0 aromatic heterocycles. The summed E-state index contributed by atoms with van der Waals surface area (Å²) in [6, 6.07) is 0. The molecule has 0 spiro atoms. The lowest BCUT2D eigenvalue weighted by molar-refractivity contribution is -0.150. The van der Waals surface area contributed by atoms with Crippen LogP contribution in [0, 0.1) is 0 Å². The van der Waals surface area contributed by atoms with E-state index in [9.17, 15) is 9.59 Å². The number of ether oxygens (including phenoxy) is 2. The molecule has 1 unspecified atom stereocenters. The molecule has 0 radical (unpaired) electrons. The number of rotatable bonds is 50. The molecular formula is C54H106O4. The molecule has 0 aliphatic carbocycles.